The summed E-state index contributed by atoms with van der Waals surface area (Å²) in [5, 5.41) is 1.07. The summed E-state index contributed by atoms with van der Waals surface area (Å²) in [7, 11) is 0. The lowest BCUT2D eigenvalue weighted by molar-refractivity contribution is -0.107. The number of aldehydes is 1. The van der Waals surface area contributed by atoms with Crippen LogP contribution >= 0.6 is 0 Å². The van der Waals surface area contributed by atoms with E-state index >= 15 is 0 Å². The Morgan fingerprint density at radius 1 is 1.12 bits per heavy atom. The van der Waals surface area contributed by atoms with Gasteiger partial charge in [0.25, 0.3) is 0 Å². The Kier molecular flexibility index (Phi) is 7.20. The molecule has 1 heterocycles. The van der Waals surface area contributed by atoms with E-state index < -0.39 is 0 Å². The van der Waals surface area contributed by atoms with Crippen LogP contribution in [0.15, 0.2) is 58.3 Å². The van der Waals surface area contributed by atoms with Crippen LogP contribution in [0.5, 0.6) is 0 Å². The zero-order valence-corrected chi connectivity index (χ0v) is 16.5. The molecule has 0 radical (unpaired) electrons. The molecule has 0 unspecified atom stereocenters. The minimum Gasteiger partial charge on any atom is -0.464 e. The molecule has 0 bridgehead atoms. The molecule has 0 amide bonds. The zero-order chi connectivity index (χ0) is 19.1. The molecule has 2 nitrogen and oxygen atoms in total. The van der Waals surface area contributed by atoms with E-state index in [0.29, 0.717) is 6.42 Å². The Balaban J connectivity index is 2.35. The van der Waals surface area contributed by atoms with Gasteiger partial charge in [0.2, 0.25) is 0 Å². The van der Waals surface area contributed by atoms with Crippen molar-refractivity contribution in [2.75, 3.05) is 0 Å². The van der Waals surface area contributed by atoms with E-state index in [2.05, 4.69) is 58.6 Å². The molecule has 0 aliphatic rings. The first kappa shape index (κ1) is 20.0. The molecule has 2 heteroatoms. The second-order valence-corrected chi connectivity index (χ2v) is 7.18. The fourth-order valence-electron chi connectivity index (χ4n) is 3.23. The van der Waals surface area contributed by atoms with Gasteiger partial charge in [-0.3, -0.25) is 0 Å². The first-order chi connectivity index (χ1) is 12.5. The van der Waals surface area contributed by atoms with Crippen molar-refractivity contribution in [2.24, 2.45) is 0 Å². The first-order valence-corrected chi connectivity index (χ1v) is 9.42. The largest absolute Gasteiger partial charge is 0.464 e. The van der Waals surface area contributed by atoms with E-state index in [1.54, 1.807) is 6.26 Å². The van der Waals surface area contributed by atoms with Crippen molar-refractivity contribution in [1.29, 1.82) is 0 Å². The lowest BCUT2D eigenvalue weighted by Gasteiger charge is -2.12. The summed E-state index contributed by atoms with van der Waals surface area (Å²) < 4.78 is 5.86. The molecule has 0 N–H and O–H groups in total. The fraction of sp³-hybridized carbons (Fsp3) is 0.375. The molecule has 0 saturated heterocycles. The number of furan rings is 1. The van der Waals surface area contributed by atoms with Crippen LogP contribution in [-0.2, 0) is 24.1 Å². The predicted molar refractivity (Wildman–Crippen MR) is 111 cm³/mol. The normalized spacial score (nSPS) is 11.6. The zero-order valence-electron chi connectivity index (χ0n) is 16.5. The minimum absolute atomic E-state index is 0.406. The van der Waals surface area contributed by atoms with Gasteiger partial charge in [-0.25, -0.2) is 0 Å². The van der Waals surface area contributed by atoms with E-state index in [-0.39, 0.29) is 0 Å². The van der Waals surface area contributed by atoms with E-state index in [9.17, 15) is 4.79 Å². The molecule has 2 rings (SSSR count). The van der Waals surface area contributed by atoms with Gasteiger partial charge >= 0.3 is 0 Å². The molecule has 1 aromatic carbocycles. The highest BCUT2D eigenvalue weighted by molar-refractivity contribution is 5.86. The highest BCUT2D eigenvalue weighted by Crippen LogP contribution is 2.30. The third-order valence-corrected chi connectivity index (χ3v) is 4.66. The molecule has 2 aromatic rings. The number of hydrogen-bond donors (Lipinski definition) is 0. The van der Waals surface area contributed by atoms with Crippen LogP contribution in [-0.4, -0.2) is 6.29 Å². The average molecular weight is 351 g/mol. The van der Waals surface area contributed by atoms with Crippen molar-refractivity contribution in [3.8, 4) is 0 Å². The van der Waals surface area contributed by atoms with Crippen molar-refractivity contribution in [3.63, 3.8) is 0 Å². The van der Waals surface area contributed by atoms with Crippen LogP contribution in [0, 0.1) is 0 Å². The third-order valence-electron chi connectivity index (χ3n) is 4.66. The topological polar surface area (TPSA) is 30.2 Å². The van der Waals surface area contributed by atoms with Crippen molar-refractivity contribution >= 4 is 17.3 Å². The maximum atomic E-state index is 10.9. The smallest absolute Gasteiger partial charge is 0.137 e. The highest BCUT2D eigenvalue weighted by atomic mass is 16.3. The van der Waals surface area contributed by atoms with Crippen LogP contribution in [0.2, 0.25) is 0 Å². The maximum absolute atomic E-state index is 10.9. The third kappa shape index (κ3) is 4.85. The summed E-state index contributed by atoms with van der Waals surface area (Å²) in [6, 6.07) is 4.31. The molecule has 0 aliphatic heterocycles. The van der Waals surface area contributed by atoms with E-state index in [1.807, 2.05) is 0 Å². The second-order valence-electron chi connectivity index (χ2n) is 7.18. The van der Waals surface area contributed by atoms with Crippen LogP contribution < -0.4 is 0 Å². The number of fused-ring (bicyclic) bond motifs is 1. The number of rotatable bonds is 9. The Labute approximate surface area is 157 Å². The fourth-order valence-corrected chi connectivity index (χ4v) is 3.23. The number of benzene rings is 1. The molecule has 0 atom stereocenters. The van der Waals surface area contributed by atoms with Gasteiger partial charge in [0.05, 0.1) is 6.26 Å². The molecule has 26 heavy (non-hydrogen) atoms. The Bertz CT molecular complexity index is 842. The summed E-state index contributed by atoms with van der Waals surface area (Å²) in [4.78, 5) is 10.9. The molecule has 1 aromatic heterocycles. The van der Waals surface area contributed by atoms with E-state index in [1.165, 1.54) is 22.3 Å². The highest BCUT2D eigenvalue weighted by Gasteiger charge is 2.14. The van der Waals surface area contributed by atoms with Gasteiger partial charge in [-0.1, -0.05) is 55.4 Å². The van der Waals surface area contributed by atoms with Gasteiger partial charge in [-0.15, -0.1) is 0 Å². The summed E-state index contributed by atoms with van der Waals surface area (Å²) in [6.07, 6.45) is 11.4. The molecule has 0 saturated carbocycles. The van der Waals surface area contributed by atoms with Gasteiger partial charge in [-0.2, -0.15) is 0 Å². The lowest BCUT2D eigenvalue weighted by Crippen LogP contribution is -1.98. The van der Waals surface area contributed by atoms with Gasteiger partial charge in [0.1, 0.15) is 11.9 Å². The SMILES string of the molecule is C=C(C)/C(=C\C=C(C)C)CCc1ccc2c(CC=O)coc2c1CCC. The number of carbonyl (C=O) groups excluding carboxylic acids is 1. The lowest BCUT2D eigenvalue weighted by atomic mass is 9.93. The number of hydrogen-bond acceptors (Lipinski definition) is 2. The summed E-state index contributed by atoms with van der Waals surface area (Å²) >= 11 is 0. The molecule has 0 aliphatic carbocycles. The van der Waals surface area contributed by atoms with Crippen LogP contribution in [0.25, 0.3) is 11.0 Å². The minimum atomic E-state index is 0.406. The Hall–Kier alpha value is -2.35. The number of aryl methyl sites for hydroxylation is 2. The van der Waals surface area contributed by atoms with Crippen molar-refractivity contribution in [1.82, 2.24) is 0 Å². The van der Waals surface area contributed by atoms with E-state index in [0.717, 1.165) is 54.1 Å². The standard InChI is InChI=1S/C24H30O2/c1-6-7-22-20(11-10-19(18(4)5)9-8-17(2)3)12-13-23-21(14-15-25)16-26-24(22)23/h8-9,12-13,15-16H,4,6-7,10-11,14H2,1-3,5H3/b19-9-. The summed E-state index contributed by atoms with van der Waals surface area (Å²) in [5.74, 6) is 0. The summed E-state index contributed by atoms with van der Waals surface area (Å²) in [5.41, 5.74) is 8.23. The van der Waals surface area contributed by atoms with Crippen LogP contribution in [0.4, 0.5) is 0 Å². The number of carbonyl (C=O) groups is 1. The number of allylic oxidation sites excluding steroid dienone is 5. The van der Waals surface area contributed by atoms with Gasteiger partial charge in [0.15, 0.2) is 0 Å². The summed E-state index contributed by atoms with van der Waals surface area (Å²) in [6.45, 7) is 12.6. The molecular formula is C24H30O2. The van der Waals surface area contributed by atoms with Crippen LogP contribution in [0.3, 0.4) is 0 Å². The maximum Gasteiger partial charge on any atom is 0.137 e. The molecule has 138 valence electrons. The Morgan fingerprint density at radius 2 is 1.88 bits per heavy atom. The quantitative estimate of drug-likeness (QED) is 0.380. The van der Waals surface area contributed by atoms with Crippen molar-refractivity contribution in [3.05, 3.63) is 70.5 Å². The second kappa shape index (κ2) is 9.38. The molecule has 0 fully saturated rings. The Morgan fingerprint density at radius 3 is 2.50 bits per heavy atom. The van der Waals surface area contributed by atoms with Crippen molar-refractivity contribution < 1.29 is 9.21 Å². The van der Waals surface area contributed by atoms with Crippen LogP contribution in [0.1, 0.15) is 57.2 Å². The average Bonchev–Trinajstić information content (AvgIpc) is 2.99. The van der Waals surface area contributed by atoms with Crippen molar-refractivity contribution in [2.45, 2.75) is 59.8 Å². The molecular weight excluding hydrogens is 320 g/mol. The van der Waals surface area contributed by atoms with Gasteiger partial charge in [-0.05, 0) is 56.7 Å². The predicted octanol–water partition coefficient (Wildman–Crippen LogP) is 6.53. The monoisotopic (exact) mass is 350 g/mol. The molecule has 0 spiro atoms. The first-order valence-electron chi connectivity index (χ1n) is 9.42. The van der Waals surface area contributed by atoms with Gasteiger partial charge in [0, 0.05) is 17.4 Å². The van der Waals surface area contributed by atoms with Gasteiger partial charge < -0.3 is 9.21 Å². The van der Waals surface area contributed by atoms with E-state index in [4.69, 9.17) is 4.42 Å².